The van der Waals surface area contributed by atoms with E-state index in [1.54, 1.807) is 0 Å². The Balaban J connectivity index is 1.20. The van der Waals surface area contributed by atoms with Gasteiger partial charge in [-0.3, -0.25) is 0 Å². The number of aromatic nitrogens is 2. The van der Waals surface area contributed by atoms with Gasteiger partial charge in [-0.1, -0.05) is 133 Å². The summed E-state index contributed by atoms with van der Waals surface area (Å²) >= 11 is 0. The van der Waals surface area contributed by atoms with Crippen molar-refractivity contribution in [1.29, 1.82) is 0 Å². The van der Waals surface area contributed by atoms with Crippen LogP contribution in [0.1, 0.15) is 22.6 Å². The molecule has 51 heavy (non-hydrogen) atoms. The topological polar surface area (TPSA) is 9.86 Å². The van der Waals surface area contributed by atoms with Crippen molar-refractivity contribution >= 4 is 43.6 Å². The second kappa shape index (κ2) is 10.9. The first kappa shape index (κ1) is 28.2. The maximum absolute atomic E-state index is 2.46. The molecule has 0 atom stereocenters. The molecule has 0 saturated carbocycles. The smallest absolute Gasteiger partial charge is 0.0541 e. The van der Waals surface area contributed by atoms with Crippen LogP contribution in [0.5, 0.6) is 0 Å². The highest BCUT2D eigenvalue weighted by molar-refractivity contribution is 6.11. The van der Waals surface area contributed by atoms with E-state index < -0.39 is 0 Å². The quantitative estimate of drug-likeness (QED) is 0.180. The zero-order valence-electron chi connectivity index (χ0n) is 27.9. The minimum atomic E-state index is 0.132. The van der Waals surface area contributed by atoms with E-state index in [0.29, 0.717) is 0 Å². The normalized spacial score (nSPS) is 12.6. The van der Waals surface area contributed by atoms with Crippen LogP contribution in [-0.4, -0.2) is 9.13 Å². The van der Waals surface area contributed by atoms with Gasteiger partial charge in [0, 0.05) is 38.8 Å². The number of benzene rings is 8. The average Bonchev–Trinajstić information content (AvgIpc) is 3.84. The van der Waals surface area contributed by atoms with E-state index in [9.17, 15) is 0 Å². The molecule has 0 unspecified atom stereocenters. The Morgan fingerprint density at radius 3 is 1.43 bits per heavy atom. The molecular weight excluding hydrogens is 617 g/mol. The highest BCUT2D eigenvalue weighted by Crippen LogP contribution is 2.49. The molecule has 2 nitrogen and oxygen atoms in total. The number of rotatable bonds is 4. The summed E-state index contributed by atoms with van der Waals surface area (Å²) in [5.41, 5.74) is 16.3. The maximum atomic E-state index is 2.46. The highest BCUT2D eigenvalue weighted by Gasteiger charge is 2.30. The molecule has 10 aromatic rings. The van der Waals surface area contributed by atoms with E-state index in [0.717, 1.165) is 0 Å². The summed E-state index contributed by atoms with van der Waals surface area (Å²) in [6.07, 6.45) is 0. The second-order valence-corrected chi connectivity index (χ2v) is 13.7. The third kappa shape index (κ3) is 4.17. The summed E-state index contributed by atoms with van der Waals surface area (Å²) in [5, 5.41) is 5.06. The molecule has 238 valence electrons. The fourth-order valence-corrected chi connectivity index (χ4v) is 8.82. The van der Waals surface area contributed by atoms with Crippen LogP contribution in [-0.2, 0) is 0 Å². The van der Waals surface area contributed by atoms with E-state index >= 15 is 0 Å². The fraction of sp³-hybridized carbons (Fsp3) is 0.0204. The summed E-state index contributed by atoms with van der Waals surface area (Å²) in [6.45, 7) is 0. The standard InChI is InChI=1S/C49H32N2/c1-2-14-35(15-3-1)50-47-25-13-10-20-41(47)44-31-32(26-27-48(44)50)33-28-34(49-42-21-6-4-16-37(42)38-17-5-7-22-43(38)49)30-36(29-33)51-45-23-11-8-18-39(45)40-19-9-12-24-46(40)51/h1-31,49H. The molecule has 0 saturated heterocycles. The molecule has 1 aliphatic rings. The van der Waals surface area contributed by atoms with Crippen molar-refractivity contribution in [2.75, 3.05) is 0 Å². The number of hydrogen-bond donors (Lipinski definition) is 0. The van der Waals surface area contributed by atoms with Gasteiger partial charge in [0.15, 0.2) is 0 Å². The molecule has 2 heteroatoms. The van der Waals surface area contributed by atoms with Crippen molar-refractivity contribution < 1.29 is 0 Å². The summed E-state index contributed by atoms with van der Waals surface area (Å²) in [7, 11) is 0. The van der Waals surface area contributed by atoms with Gasteiger partial charge in [-0.2, -0.15) is 0 Å². The third-order valence-corrected chi connectivity index (χ3v) is 11.0. The molecule has 0 radical (unpaired) electrons. The van der Waals surface area contributed by atoms with E-state index in [4.69, 9.17) is 0 Å². The number of hydrogen-bond acceptors (Lipinski definition) is 0. The molecule has 0 N–H and O–H groups in total. The lowest BCUT2D eigenvalue weighted by Gasteiger charge is -2.19. The minimum Gasteiger partial charge on any atom is -0.309 e. The molecule has 11 rings (SSSR count). The van der Waals surface area contributed by atoms with Crippen LogP contribution < -0.4 is 0 Å². The SMILES string of the molecule is c1ccc(-n2c3ccccc3c3cc(-c4cc(C5c6ccccc6-c6ccccc65)cc(-n5c6ccccc6c6ccccc65)c4)ccc32)cc1. The van der Waals surface area contributed by atoms with Gasteiger partial charge in [-0.25, -0.2) is 0 Å². The Morgan fingerprint density at radius 1 is 0.314 bits per heavy atom. The Morgan fingerprint density at radius 2 is 0.804 bits per heavy atom. The zero-order valence-corrected chi connectivity index (χ0v) is 27.9. The second-order valence-electron chi connectivity index (χ2n) is 13.7. The van der Waals surface area contributed by atoms with Crippen molar-refractivity contribution in [2.45, 2.75) is 5.92 Å². The molecule has 0 fully saturated rings. The van der Waals surface area contributed by atoms with Crippen molar-refractivity contribution in [3.05, 3.63) is 205 Å². The average molecular weight is 649 g/mol. The molecule has 1 aliphatic carbocycles. The van der Waals surface area contributed by atoms with Crippen molar-refractivity contribution in [3.8, 4) is 33.6 Å². The first-order chi connectivity index (χ1) is 25.3. The van der Waals surface area contributed by atoms with Crippen molar-refractivity contribution in [3.63, 3.8) is 0 Å². The van der Waals surface area contributed by atoms with E-state index in [1.807, 2.05) is 0 Å². The van der Waals surface area contributed by atoms with Gasteiger partial charge in [-0.15, -0.1) is 0 Å². The lowest BCUT2D eigenvalue weighted by molar-refractivity contribution is 1.01. The summed E-state index contributed by atoms with van der Waals surface area (Å²) in [6, 6.07) is 69.3. The molecule has 0 spiro atoms. The summed E-state index contributed by atoms with van der Waals surface area (Å²) < 4.78 is 4.85. The molecular formula is C49H32N2. The van der Waals surface area contributed by atoms with E-state index in [-0.39, 0.29) is 5.92 Å². The first-order valence-electron chi connectivity index (χ1n) is 17.7. The predicted octanol–water partition coefficient (Wildman–Crippen LogP) is 12.7. The van der Waals surface area contributed by atoms with Gasteiger partial charge < -0.3 is 9.13 Å². The molecule has 2 aromatic heterocycles. The van der Waals surface area contributed by atoms with Crippen molar-refractivity contribution in [1.82, 2.24) is 9.13 Å². The van der Waals surface area contributed by atoms with E-state index in [1.165, 1.54) is 93.9 Å². The first-order valence-corrected chi connectivity index (χ1v) is 17.7. The fourth-order valence-electron chi connectivity index (χ4n) is 8.82. The number of para-hydroxylation sites is 4. The van der Waals surface area contributed by atoms with Crippen LogP contribution in [0.2, 0.25) is 0 Å². The van der Waals surface area contributed by atoms with Crippen molar-refractivity contribution in [2.24, 2.45) is 0 Å². The van der Waals surface area contributed by atoms with Crippen LogP contribution in [0, 0.1) is 0 Å². The molecule has 2 heterocycles. The van der Waals surface area contributed by atoms with Crippen LogP contribution in [0.3, 0.4) is 0 Å². The highest BCUT2D eigenvalue weighted by atomic mass is 15.0. The predicted molar refractivity (Wildman–Crippen MR) is 213 cm³/mol. The van der Waals surface area contributed by atoms with Gasteiger partial charge in [0.2, 0.25) is 0 Å². The van der Waals surface area contributed by atoms with Gasteiger partial charge in [0.25, 0.3) is 0 Å². The van der Waals surface area contributed by atoms with E-state index in [2.05, 4.69) is 197 Å². The molecule has 0 amide bonds. The van der Waals surface area contributed by atoms with Gasteiger partial charge >= 0.3 is 0 Å². The number of fused-ring (bicyclic) bond motifs is 9. The van der Waals surface area contributed by atoms with Gasteiger partial charge in [0.1, 0.15) is 0 Å². The van der Waals surface area contributed by atoms with Crippen LogP contribution >= 0.6 is 0 Å². The lowest BCUT2D eigenvalue weighted by atomic mass is 9.87. The van der Waals surface area contributed by atoms with Crippen LogP contribution in [0.4, 0.5) is 0 Å². The number of nitrogens with zero attached hydrogens (tertiary/aromatic N) is 2. The molecule has 0 aliphatic heterocycles. The molecule has 0 bridgehead atoms. The minimum absolute atomic E-state index is 0.132. The third-order valence-electron chi connectivity index (χ3n) is 11.0. The van der Waals surface area contributed by atoms with Crippen LogP contribution in [0.15, 0.2) is 188 Å². The Hall–Kier alpha value is -6.64. The Bertz CT molecular complexity index is 2880. The maximum Gasteiger partial charge on any atom is 0.0541 e. The molecule has 8 aromatic carbocycles. The zero-order chi connectivity index (χ0) is 33.5. The Labute approximate surface area is 296 Å². The van der Waals surface area contributed by atoms with Gasteiger partial charge in [0.05, 0.1) is 22.1 Å². The van der Waals surface area contributed by atoms with Crippen LogP contribution in [0.25, 0.3) is 77.2 Å². The Kier molecular flexibility index (Phi) is 6.05. The monoisotopic (exact) mass is 648 g/mol. The largest absolute Gasteiger partial charge is 0.309 e. The van der Waals surface area contributed by atoms with Gasteiger partial charge in [-0.05, 0) is 93.5 Å². The lowest BCUT2D eigenvalue weighted by Crippen LogP contribution is -2.03. The summed E-state index contributed by atoms with van der Waals surface area (Å²) in [5.74, 6) is 0.132. The summed E-state index contributed by atoms with van der Waals surface area (Å²) in [4.78, 5) is 0.